The number of hydrogen-bond acceptors (Lipinski definition) is 4. The molecule has 0 aromatic heterocycles. The van der Waals surface area contributed by atoms with Crippen LogP contribution in [0.25, 0.3) is 0 Å². The van der Waals surface area contributed by atoms with Crippen LogP contribution in [0.2, 0.25) is 0 Å². The Morgan fingerprint density at radius 2 is 2.14 bits per heavy atom. The normalized spacial score (nSPS) is 21.2. The molecule has 114 valence electrons. The molecule has 0 heterocycles. The molecule has 0 saturated heterocycles. The molecule has 1 aliphatic carbocycles. The number of nitro groups is 1. The number of aryl methyl sites for hydroxylation is 1. The van der Waals surface area contributed by atoms with Crippen LogP contribution in [0.1, 0.15) is 35.2 Å². The highest BCUT2D eigenvalue weighted by Crippen LogP contribution is 2.30. The van der Waals surface area contributed by atoms with Crippen LogP contribution in [0.3, 0.4) is 0 Å². The highest BCUT2D eigenvalue weighted by Gasteiger charge is 2.28. The van der Waals surface area contributed by atoms with Crippen molar-refractivity contribution in [2.24, 2.45) is 11.8 Å². The molecule has 1 saturated carbocycles. The third kappa shape index (κ3) is 3.58. The summed E-state index contributed by atoms with van der Waals surface area (Å²) in [5.74, 6) is 0.0506. The highest BCUT2D eigenvalue weighted by atomic mass is 16.6. The number of aliphatic hydroxyl groups is 1. The Hall–Kier alpha value is -1.95. The predicted molar refractivity (Wildman–Crippen MR) is 78.1 cm³/mol. The molecular formula is C15H20N2O4. The van der Waals surface area contributed by atoms with E-state index in [2.05, 4.69) is 5.32 Å². The van der Waals surface area contributed by atoms with Crippen molar-refractivity contribution < 1.29 is 14.8 Å². The van der Waals surface area contributed by atoms with Crippen LogP contribution in [-0.4, -0.2) is 29.1 Å². The predicted octanol–water partition coefficient (Wildman–Crippen LogP) is 2.04. The molecule has 2 unspecified atom stereocenters. The second-order valence-electron chi connectivity index (χ2n) is 5.62. The van der Waals surface area contributed by atoms with Crippen molar-refractivity contribution >= 4 is 11.6 Å². The third-order valence-electron chi connectivity index (χ3n) is 4.17. The Bertz CT molecular complexity index is 544. The summed E-state index contributed by atoms with van der Waals surface area (Å²) in [6, 6.07) is 4.51. The molecule has 1 fully saturated rings. The lowest BCUT2D eigenvalue weighted by Gasteiger charge is -2.17. The summed E-state index contributed by atoms with van der Waals surface area (Å²) >= 11 is 0. The summed E-state index contributed by atoms with van der Waals surface area (Å²) in [7, 11) is 0. The van der Waals surface area contributed by atoms with Gasteiger partial charge < -0.3 is 10.4 Å². The van der Waals surface area contributed by atoms with Gasteiger partial charge in [0.2, 0.25) is 0 Å². The summed E-state index contributed by atoms with van der Waals surface area (Å²) in [5.41, 5.74) is 0.724. The van der Waals surface area contributed by atoms with Crippen LogP contribution in [0.5, 0.6) is 0 Å². The van der Waals surface area contributed by atoms with Gasteiger partial charge in [-0.15, -0.1) is 0 Å². The topological polar surface area (TPSA) is 92.5 Å². The number of benzene rings is 1. The first-order chi connectivity index (χ1) is 10.0. The van der Waals surface area contributed by atoms with E-state index in [-0.39, 0.29) is 29.7 Å². The molecule has 2 atom stereocenters. The molecule has 1 aromatic carbocycles. The molecule has 1 aromatic rings. The number of rotatable bonds is 5. The van der Waals surface area contributed by atoms with E-state index in [1.807, 2.05) is 0 Å². The maximum absolute atomic E-state index is 12.2. The first-order valence-electron chi connectivity index (χ1n) is 7.17. The summed E-state index contributed by atoms with van der Waals surface area (Å²) in [4.78, 5) is 22.6. The molecule has 21 heavy (non-hydrogen) atoms. The van der Waals surface area contributed by atoms with Gasteiger partial charge in [-0.05, 0) is 43.2 Å². The van der Waals surface area contributed by atoms with Crippen molar-refractivity contribution in [3.8, 4) is 0 Å². The molecule has 6 nitrogen and oxygen atoms in total. The van der Waals surface area contributed by atoms with Gasteiger partial charge in [-0.25, -0.2) is 0 Å². The van der Waals surface area contributed by atoms with Gasteiger partial charge in [-0.3, -0.25) is 14.9 Å². The van der Waals surface area contributed by atoms with Gasteiger partial charge in [0, 0.05) is 19.2 Å². The Morgan fingerprint density at radius 3 is 2.81 bits per heavy atom. The smallest absolute Gasteiger partial charge is 0.282 e. The zero-order chi connectivity index (χ0) is 15.4. The van der Waals surface area contributed by atoms with E-state index in [1.54, 1.807) is 13.0 Å². The van der Waals surface area contributed by atoms with Crippen LogP contribution >= 0.6 is 0 Å². The fourth-order valence-corrected chi connectivity index (χ4v) is 2.93. The Morgan fingerprint density at radius 1 is 1.43 bits per heavy atom. The lowest BCUT2D eigenvalue weighted by atomic mass is 9.97. The number of nitro benzene ring substituents is 1. The van der Waals surface area contributed by atoms with Gasteiger partial charge in [0.05, 0.1) is 4.92 Å². The van der Waals surface area contributed by atoms with Gasteiger partial charge in [-0.2, -0.15) is 0 Å². The lowest BCUT2D eigenvalue weighted by Crippen LogP contribution is -2.32. The minimum Gasteiger partial charge on any atom is -0.396 e. The number of hydrogen-bond donors (Lipinski definition) is 2. The Kier molecular flexibility index (Phi) is 4.90. The van der Waals surface area contributed by atoms with Crippen molar-refractivity contribution in [3.05, 3.63) is 39.4 Å². The molecule has 1 amide bonds. The zero-order valence-electron chi connectivity index (χ0n) is 12.0. The van der Waals surface area contributed by atoms with E-state index in [0.29, 0.717) is 6.54 Å². The van der Waals surface area contributed by atoms with Crippen LogP contribution in [0.15, 0.2) is 18.2 Å². The van der Waals surface area contributed by atoms with E-state index < -0.39 is 10.8 Å². The molecular weight excluding hydrogens is 272 g/mol. The number of carbonyl (C=O) groups is 1. The van der Waals surface area contributed by atoms with Crippen LogP contribution in [0.4, 0.5) is 5.69 Å². The number of aliphatic hydroxyl groups excluding tert-OH is 1. The van der Waals surface area contributed by atoms with Crippen molar-refractivity contribution in [2.45, 2.75) is 26.2 Å². The van der Waals surface area contributed by atoms with Gasteiger partial charge in [0.15, 0.2) is 0 Å². The summed E-state index contributed by atoms with van der Waals surface area (Å²) in [6.07, 6.45) is 3.00. The quantitative estimate of drug-likeness (QED) is 0.641. The number of amides is 1. The minimum absolute atomic E-state index is 0.0959. The van der Waals surface area contributed by atoms with E-state index in [1.165, 1.54) is 12.1 Å². The van der Waals surface area contributed by atoms with E-state index in [0.717, 1.165) is 24.8 Å². The molecule has 2 N–H and O–H groups in total. The van der Waals surface area contributed by atoms with E-state index >= 15 is 0 Å². The lowest BCUT2D eigenvalue weighted by molar-refractivity contribution is -0.385. The van der Waals surface area contributed by atoms with Crippen molar-refractivity contribution in [1.29, 1.82) is 0 Å². The molecule has 2 rings (SSSR count). The average molecular weight is 292 g/mol. The zero-order valence-corrected chi connectivity index (χ0v) is 12.0. The molecule has 0 bridgehead atoms. The second-order valence-corrected chi connectivity index (χ2v) is 5.62. The fourth-order valence-electron chi connectivity index (χ4n) is 2.93. The van der Waals surface area contributed by atoms with E-state index in [4.69, 9.17) is 0 Å². The van der Waals surface area contributed by atoms with E-state index in [9.17, 15) is 20.0 Å². The first kappa shape index (κ1) is 15.4. The standard InChI is InChI=1S/C15H20N2O4/c1-10-5-6-14(17(20)21)13(7-10)15(19)16-8-11-3-2-4-12(11)9-18/h5-7,11-12,18H,2-4,8-9H2,1H3,(H,16,19). The van der Waals surface area contributed by atoms with Crippen LogP contribution in [0, 0.1) is 28.9 Å². The monoisotopic (exact) mass is 292 g/mol. The van der Waals surface area contributed by atoms with Gasteiger partial charge >= 0.3 is 0 Å². The minimum atomic E-state index is -0.541. The van der Waals surface area contributed by atoms with Crippen molar-refractivity contribution in [3.63, 3.8) is 0 Å². The van der Waals surface area contributed by atoms with Crippen LogP contribution < -0.4 is 5.32 Å². The highest BCUT2D eigenvalue weighted by molar-refractivity contribution is 5.98. The summed E-state index contributed by atoms with van der Waals surface area (Å²) in [5, 5.41) is 23.0. The van der Waals surface area contributed by atoms with Gasteiger partial charge in [0.1, 0.15) is 5.56 Å². The average Bonchev–Trinajstić information content (AvgIpc) is 2.91. The third-order valence-corrected chi connectivity index (χ3v) is 4.17. The van der Waals surface area contributed by atoms with Crippen molar-refractivity contribution in [2.75, 3.05) is 13.2 Å². The van der Waals surface area contributed by atoms with Crippen molar-refractivity contribution in [1.82, 2.24) is 5.32 Å². The molecule has 1 aliphatic rings. The fraction of sp³-hybridized carbons (Fsp3) is 0.533. The van der Waals surface area contributed by atoms with Crippen LogP contribution in [-0.2, 0) is 0 Å². The molecule has 0 aliphatic heterocycles. The Balaban J connectivity index is 2.06. The molecule has 6 heteroatoms. The number of nitrogens with one attached hydrogen (secondary N) is 1. The SMILES string of the molecule is Cc1ccc([N+](=O)[O-])c(C(=O)NCC2CCCC2CO)c1. The Labute approximate surface area is 123 Å². The number of nitrogens with zero attached hydrogens (tertiary/aromatic N) is 1. The first-order valence-corrected chi connectivity index (χ1v) is 7.17. The van der Waals surface area contributed by atoms with Gasteiger partial charge in [0.25, 0.3) is 11.6 Å². The molecule has 0 radical (unpaired) electrons. The van der Waals surface area contributed by atoms with Gasteiger partial charge in [-0.1, -0.05) is 12.5 Å². The molecule has 0 spiro atoms. The number of carbonyl (C=O) groups excluding carboxylic acids is 1. The maximum Gasteiger partial charge on any atom is 0.282 e. The summed E-state index contributed by atoms with van der Waals surface area (Å²) in [6.45, 7) is 2.37. The largest absolute Gasteiger partial charge is 0.396 e. The summed E-state index contributed by atoms with van der Waals surface area (Å²) < 4.78 is 0. The maximum atomic E-state index is 12.2. The second kappa shape index (κ2) is 6.67.